The normalized spacial score (nSPS) is 10.7. The lowest BCUT2D eigenvalue weighted by atomic mass is 10.2. The molecule has 2 N–H and O–H groups in total. The second-order valence-corrected chi connectivity index (χ2v) is 4.35. The molecule has 0 bridgehead atoms. The van der Waals surface area contributed by atoms with Crippen molar-refractivity contribution in [2.24, 2.45) is 0 Å². The molecule has 0 amide bonds. The van der Waals surface area contributed by atoms with Gasteiger partial charge in [-0.3, -0.25) is 0 Å². The first-order valence-electron chi connectivity index (χ1n) is 4.36. The number of thiophene rings is 1. The van der Waals surface area contributed by atoms with Crippen molar-refractivity contribution in [3.63, 3.8) is 0 Å². The smallest absolute Gasteiger partial charge is 0.198 e. The van der Waals surface area contributed by atoms with Gasteiger partial charge in [-0.05, 0) is 13.0 Å². The summed E-state index contributed by atoms with van der Waals surface area (Å²) in [6.45, 7) is 2.59. The zero-order valence-electron chi connectivity index (χ0n) is 7.78. The average Bonchev–Trinajstić information content (AvgIpc) is 2.48. The Morgan fingerprint density at radius 1 is 1.50 bits per heavy atom. The van der Waals surface area contributed by atoms with E-state index >= 15 is 0 Å². The summed E-state index contributed by atoms with van der Waals surface area (Å²) in [5.41, 5.74) is 6.67. The predicted molar refractivity (Wildman–Crippen MR) is 64.7 cm³/mol. The largest absolute Gasteiger partial charge is 0.483 e. The minimum Gasteiger partial charge on any atom is -0.483 e. The number of benzene rings is 1. The number of nitrogens with two attached hydrogens (primary N) is 1. The maximum Gasteiger partial charge on any atom is 0.198 e. The van der Waals surface area contributed by atoms with Crippen molar-refractivity contribution in [3.05, 3.63) is 18.2 Å². The van der Waals surface area contributed by atoms with Crippen LogP contribution >= 0.6 is 24.0 Å². The van der Waals surface area contributed by atoms with Crippen molar-refractivity contribution in [3.8, 4) is 5.06 Å². The molecule has 0 radical (unpaired) electrons. The van der Waals surface area contributed by atoms with Gasteiger partial charge in [0.15, 0.2) is 5.06 Å². The van der Waals surface area contributed by atoms with Crippen LogP contribution < -0.4 is 10.5 Å². The minimum absolute atomic E-state index is 0.638. The molecule has 4 heteroatoms. The monoisotopic (exact) mass is 225 g/mol. The molecule has 0 spiro atoms. The Kier molecular flexibility index (Phi) is 2.56. The zero-order valence-corrected chi connectivity index (χ0v) is 9.49. The number of fused-ring (bicyclic) bond motifs is 1. The van der Waals surface area contributed by atoms with Gasteiger partial charge in [0.2, 0.25) is 0 Å². The molecule has 1 aromatic carbocycles. The lowest BCUT2D eigenvalue weighted by molar-refractivity contribution is 0.352. The average molecular weight is 225 g/mol. The Morgan fingerprint density at radius 2 is 2.29 bits per heavy atom. The first-order chi connectivity index (χ1) is 6.74. The van der Waals surface area contributed by atoms with E-state index in [4.69, 9.17) is 10.5 Å². The number of nitrogen functional groups attached to an aromatic ring is 1. The lowest BCUT2D eigenvalue weighted by Crippen LogP contribution is -1.92. The number of rotatable bonds is 2. The van der Waals surface area contributed by atoms with Gasteiger partial charge in [-0.15, -0.1) is 12.6 Å². The Labute approximate surface area is 92.1 Å². The van der Waals surface area contributed by atoms with E-state index in [1.807, 2.05) is 25.1 Å². The summed E-state index contributed by atoms with van der Waals surface area (Å²) >= 11 is 5.93. The molecule has 0 aliphatic heterocycles. The molecule has 2 nitrogen and oxygen atoms in total. The van der Waals surface area contributed by atoms with Crippen LogP contribution in [0.2, 0.25) is 0 Å². The standard InChI is InChI=1S/C10H11NOS2/c1-2-12-10-8(11)6-4-3-5-7(13)9(6)14-10/h3-5,13H,2,11H2,1H3. The number of ether oxygens (including phenoxy) is 1. The predicted octanol–water partition coefficient (Wildman–Crippen LogP) is 3.17. The highest BCUT2D eigenvalue weighted by Crippen LogP contribution is 2.42. The fraction of sp³-hybridized carbons (Fsp3) is 0.200. The SMILES string of the molecule is CCOc1sc2c(S)cccc2c1N. The highest BCUT2D eigenvalue weighted by molar-refractivity contribution is 7.80. The third kappa shape index (κ3) is 1.44. The van der Waals surface area contributed by atoms with E-state index in [1.54, 1.807) is 11.3 Å². The van der Waals surface area contributed by atoms with Crippen molar-refractivity contribution in [2.75, 3.05) is 12.3 Å². The molecule has 1 aromatic heterocycles. The molecule has 2 aromatic rings. The van der Waals surface area contributed by atoms with Gasteiger partial charge in [-0.2, -0.15) is 0 Å². The van der Waals surface area contributed by atoms with Crippen LogP contribution in [0.5, 0.6) is 5.06 Å². The maximum atomic E-state index is 5.95. The molecule has 0 aliphatic carbocycles. The van der Waals surface area contributed by atoms with Gasteiger partial charge in [0.25, 0.3) is 0 Å². The van der Waals surface area contributed by atoms with Gasteiger partial charge in [0, 0.05) is 10.3 Å². The van der Waals surface area contributed by atoms with Crippen LogP contribution in [0.4, 0.5) is 5.69 Å². The van der Waals surface area contributed by atoms with Crippen molar-refractivity contribution in [2.45, 2.75) is 11.8 Å². The molecule has 0 saturated carbocycles. The van der Waals surface area contributed by atoms with Crippen LogP contribution in [0, 0.1) is 0 Å². The van der Waals surface area contributed by atoms with Gasteiger partial charge in [0.05, 0.1) is 17.0 Å². The van der Waals surface area contributed by atoms with E-state index in [1.165, 1.54) is 0 Å². The van der Waals surface area contributed by atoms with Crippen molar-refractivity contribution < 1.29 is 4.74 Å². The summed E-state index contributed by atoms with van der Waals surface area (Å²) in [6, 6.07) is 5.89. The van der Waals surface area contributed by atoms with Crippen LogP contribution in [0.1, 0.15) is 6.92 Å². The van der Waals surface area contributed by atoms with E-state index in [9.17, 15) is 0 Å². The minimum atomic E-state index is 0.638. The van der Waals surface area contributed by atoms with Crippen LogP contribution in [0.3, 0.4) is 0 Å². The Morgan fingerprint density at radius 3 is 2.93 bits per heavy atom. The molecule has 74 valence electrons. The fourth-order valence-corrected chi connectivity index (χ4v) is 2.73. The van der Waals surface area contributed by atoms with Gasteiger partial charge in [-0.1, -0.05) is 23.5 Å². The fourth-order valence-electron chi connectivity index (χ4n) is 1.34. The maximum absolute atomic E-state index is 5.95. The molecular weight excluding hydrogens is 214 g/mol. The number of hydrogen-bond donors (Lipinski definition) is 2. The van der Waals surface area contributed by atoms with E-state index in [0.29, 0.717) is 6.61 Å². The van der Waals surface area contributed by atoms with Crippen molar-refractivity contribution in [1.82, 2.24) is 0 Å². The third-order valence-electron chi connectivity index (χ3n) is 1.97. The molecule has 2 rings (SSSR count). The number of thiol groups is 1. The summed E-state index contributed by atoms with van der Waals surface area (Å²) in [4.78, 5) is 0.949. The summed E-state index contributed by atoms with van der Waals surface area (Å²) < 4.78 is 6.53. The molecule has 0 saturated heterocycles. The second kappa shape index (κ2) is 3.71. The van der Waals surface area contributed by atoms with Crippen LogP contribution in [0.15, 0.2) is 23.1 Å². The first-order valence-corrected chi connectivity index (χ1v) is 5.63. The van der Waals surface area contributed by atoms with Crippen molar-refractivity contribution >= 4 is 39.7 Å². The van der Waals surface area contributed by atoms with E-state index in [-0.39, 0.29) is 0 Å². The first kappa shape index (κ1) is 9.68. The Balaban J connectivity index is 2.67. The quantitative estimate of drug-likeness (QED) is 0.770. The Bertz CT molecular complexity index is 464. The lowest BCUT2D eigenvalue weighted by Gasteiger charge is -1.98. The van der Waals surface area contributed by atoms with Crippen LogP contribution in [0.25, 0.3) is 10.1 Å². The van der Waals surface area contributed by atoms with E-state index in [2.05, 4.69) is 12.6 Å². The summed E-state index contributed by atoms with van der Waals surface area (Å²) in [5, 5.41) is 1.83. The summed E-state index contributed by atoms with van der Waals surface area (Å²) in [6.07, 6.45) is 0. The number of anilines is 1. The zero-order chi connectivity index (χ0) is 10.1. The molecule has 1 heterocycles. The number of hydrogen-bond acceptors (Lipinski definition) is 4. The Hall–Kier alpha value is -0.870. The summed E-state index contributed by atoms with van der Waals surface area (Å²) in [5.74, 6) is 0. The third-order valence-corrected chi connectivity index (χ3v) is 3.67. The molecule has 0 atom stereocenters. The second-order valence-electron chi connectivity index (χ2n) is 2.89. The van der Waals surface area contributed by atoms with Gasteiger partial charge in [0.1, 0.15) is 0 Å². The van der Waals surface area contributed by atoms with E-state index in [0.717, 1.165) is 25.7 Å². The molecule has 0 unspecified atom stereocenters. The summed E-state index contributed by atoms with van der Waals surface area (Å²) in [7, 11) is 0. The molecule has 0 aliphatic rings. The van der Waals surface area contributed by atoms with Crippen molar-refractivity contribution in [1.29, 1.82) is 0 Å². The van der Waals surface area contributed by atoms with Crippen LogP contribution in [-0.4, -0.2) is 6.61 Å². The van der Waals surface area contributed by atoms with Gasteiger partial charge in [-0.25, -0.2) is 0 Å². The van der Waals surface area contributed by atoms with E-state index < -0.39 is 0 Å². The highest BCUT2D eigenvalue weighted by Gasteiger charge is 2.11. The van der Waals surface area contributed by atoms with Crippen LogP contribution in [-0.2, 0) is 0 Å². The van der Waals surface area contributed by atoms with Gasteiger partial charge >= 0.3 is 0 Å². The topological polar surface area (TPSA) is 35.2 Å². The molecule has 14 heavy (non-hydrogen) atoms. The molecular formula is C10H11NOS2. The molecule has 0 fully saturated rings. The highest BCUT2D eigenvalue weighted by atomic mass is 32.1. The van der Waals surface area contributed by atoms with Gasteiger partial charge < -0.3 is 10.5 Å².